The molecule has 2 heterocycles. The molecule has 0 unspecified atom stereocenters. The highest BCUT2D eigenvalue weighted by atomic mass is 35.5. The molecule has 0 aromatic heterocycles. The van der Waals surface area contributed by atoms with Crippen LogP contribution in [0.15, 0.2) is 24.3 Å². The molecule has 2 saturated heterocycles. The number of halogens is 1. The van der Waals surface area contributed by atoms with Gasteiger partial charge in [-0.3, -0.25) is 4.79 Å². The first-order chi connectivity index (χ1) is 10.2. The van der Waals surface area contributed by atoms with Crippen molar-refractivity contribution in [3.05, 3.63) is 35.4 Å². The highest BCUT2D eigenvalue weighted by Gasteiger charge is 2.38. The van der Waals surface area contributed by atoms with Gasteiger partial charge in [0.25, 0.3) is 5.91 Å². The molecule has 2 aliphatic rings. The molecule has 2 aliphatic heterocycles. The molecule has 1 aromatic carbocycles. The first kappa shape index (κ1) is 17.3. The van der Waals surface area contributed by atoms with E-state index in [9.17, 15) is 4.79 Å². The van der Waals surface area contributed by atoms with Gasteiger partial charge in [0.2, 0.25) is 0 Å². The Hall–Kier alpha value is -1.06. The number of likely N-dealkylation sites (tertiary alicyclic amines) is 1. The second-order valence-corrected chi connectivity index (χ2v) is 6.67. The average molecular weight is 323 g/mol. The fourth-order valence-electron chi connectivity index (χ4n) is 3.69. The van der Waals surface area contributed by atoms with Gasteiger partial charge < -0.3 is 10.2 Å². The molecule has 2 fully saturated rings. The number of carbonyl (C=O) groups excluding carboxylic acids is 1. The van der Waals surface area contributed by atoms with Gasteiger partial charge in [0.1, 0.15) is 0 Å². The second kappa shape index (κ2) is 7.47. The van der Waals surface area contributed by atoms with Crippen molar-refractivity contribution in [1.29, 1.82) is 0 Å². The molecule has 3 nitrogen and oxygen atoms in total. The minimum absolute atomic E-state index is 0. The lowest BCUT2D eigenvalue weighted by atomic mass is 9.78. The summed E-state index contributed by atoms with van der Waals surface area (Å²) in [7, 11) is 0. The predicted molar refractivity (Wildman–Crippen MR) is 92.7 cm³/mol. The molecular formula is C18H27ClN2O. The van der Waals surface area contributed by atoms with Gasteiger partial charge in [0, 0.05) is 25.2 Å². The van der Waals surface area contributed by atoms with Gasteiger partial charge in [-0.1, -0.05) is 25.5 Å². The van der Waals surface area contributed by atoms with E-state index in [1.807, 2.05) is 17.0 Å². The minimum Gasteiger partial charge on any atom is -0.339 e. The van der Waals surface area contributed by atoms with Gasteiger partial charge in [-0.2, -0.15) is 0 Å². The van der Waals surface area contributed by atoms with Crippen LogP contribution in [0.25, 0.3) is 0 Å². The zero-order chi connectivity index (χ0) is 14.7. The fraction of sp³-hybridized carbons (Fsp3) is 0.611. The third-order valence-corrected chi connectivity index (χ3v) is 5.18. The molecule has 0 bridgehead atoms. The normalized spacial score (nSPS) is 20.0. The Morgan fingerprint density at radius 3 is 2.41 bits per heavy atom. The van der Waals surface area contributed by atoms with Gasteiger partial charge in [0.15, 0.2) is 0 Å². The summed E-state index contributed by atoms with van der Waals surface area (Å²) in [6, 6.07) is 8.19. The van der Waals surface area contributed by atoms with Gasteiger partial charge in [-0.05, 0) is 55.3 Å². The van der Waals surface area contributed by atoms with E-state index in [-0.39, 0.29) is 18.3 Å². The highest BCUT2D eigenvalue weighted by Crippen LogP contribution is 2.37. The van der Waals surface area contributed by atoms with Crippen molar-refractivity contribution in [1.82, 2.24) is 10.2 Å². The summed E-state index contributed by atoms with van der Waals surface area (Å²) in [6.07, 6.45) is 5.82. The van der Waals surface area contributed by atoms with Crippen LogP contribution in [-0.2, 0) is 6.42 Å². The highest BCUT2D eigenvalue weighted by molar-refractivity contribution is 5.94. The molecule has 22 heavy (non-hydrogen) atoms. The number of aryl methyl sites for hydroxylation is 1. The van der Waals surface area contributed by atoms with E-state index in [0.717, 1.165) is 57.4 Å². The largest absolute Gasteiger partial charge is 0.339 e. The molecule has 4 heteroatoms. The lowest BCUT2D eigenvalue weighted by molar-refractivity contribution is 0.0607. The molecule has 0 aliphatic carbocycles. The Labute approximate surface area is 139 Å². The molecule has 1 spiro atoms. The number of hydrogen-bond donors (Lipinski definition) is 1. The summed E-state index contributed by atoms with van der Waals surface area (Å²) in [5.74, 6) is 0.207. The van der Waals surface area contributed by atoms with Crippen molar-refractivity contribution < 1.29 is 4.79 Å². The van der Waals surface area contributed by atoms with Crippen LogP contribution in [0.1, 0.15) is 48.5 Å². The van der Waals surface area contributed by atoms with Crippen LogP contribution in [0, 0.1) is 5.41 Å². The molecule has 0 atom stereocenters. The van der Waals surface area contributed by atoms with Crippen molar-refractivity contribution in [2.75, 3.05) is 26.2 Å². The van der Waals surface area contributed by atoms with Crippen LogP contribution in [-0.4, -0.2) is 37.0 Å². The monoisotopic (exact) mass is 322 g/mol. The van der Waals surface area contributed by atoms with Gasteiger partial charge in [-0.25, -0.2) is 0 Å². The lowest BCUT2D eigenvalue weighted by Crippen LogP contribution is -2.44. The molecule has 1 amide bonds. The number of hydrogen-bond acceptors (Lipinski definition) is 2. The van der Waals surface area contributed by atoms with Gasteiger partial charge in [0.05, 0.1) is 0 Å². The smallest absolute Gasteiger partial charge is 0.253 e. The van der Waals surface area contributed by atoms with Crippen LogP contribution in [0.3, 0.4) is 0 Å². The van der Waals surface area contributed by atoms with Crippen LogP contribution in [0.2, 0.25) is 0 Å². The summed E-state index contributed by atoms with van der Waals surface area (Å²) >= 11 is 0. The SMILES string of the molecule is CCCc1ccc(C(=O)N2CCC3(CCNC3)CC2)cc1.Cl. The average Bonchev–Trinajstić information content (AvgIpc) is 2.97. The fourth-order valence-corrected chi connectivity index (χ4v) is 3.69. The van der Waals surface area contributed by atoms with Crippen LogP contribution >= 0.6 is 12.4 Å². The van der Waals surface area contributed by atoms with Crippen LogP contribution in [0.5, 0.6) is 0 Å². The summed E-state index contributed by atoms with van der Waals surface area (Å²) in [6.45, 7) is 6.29. The third-order valence-electron chi connectivity index (χ3n) is 5.18. The van der Waals surface area contributed by atoms with E-state index in [4.69, 9.17) is 0 Å². The molecule has 1 N–H and O–H groups in total. The first-order valence-corrected chi connectivity index (χ1v) is 8.31. The topological polar surface area (TPSA) is 32.3 Å². The van der Waals surface area contributed by atoms with Crippen molar-refractivity contribution in [2.24, 2.45) is 5.41 Å². The molecule has 1 aromatic rings. The van der Waals surface area contributed by atoms with E-state index in [1.165, 1.54) is 12.0 Å². The maximum absolute atomic E-state index is 12.6. The predicted octanol–water partition coefficient (Wildman–Crippen LogP) is 3.28. The zero-order valence-corrected chi connectivity index (χ0v) is 14.3. The Morgan fingerprint density at radius 2 is 1.86 bits per heavy atom. The van der Waals surface area contributed by atoms with Crippen molar-refractivity contribution in [2.45, 2.75) is 39.0 Å². The number of amides is 1. The molecular weight excluding hydrogens is 296 g/mol. The lowest BCUT2D eigenvalue weighted by Gasteiger charge is -2.38. The van der Waals surface area contributed by atoms with Crippen molar-refractivity contribution >= 4 is 18.3 Å². The van der Waals surface area contributed by atoms with E-state index in [1.54, 1.807) is 0 Å². The number of piperidine rings is 1. The summed E-state index contributed by atoms with van der Waals surface area (Å²) in [4.78, 5) is 14.6. The van der Waals surface area contributed by atoms with Crippen molar-refractivity contribution in [3.63, 3.8) is 0 Å². The maximum Gasteiger partial charge on any atom is 0.253 e. The Balaban J connectivity index is 0.00000176. The van der Waals surface area contributed by atoms with Crippen LogP contribution < -0.4 is 5.32 Å². The van der Waals surface area contributed by atoms with E-state index < -0.39 is 0 Å². The van der Waals surface area contributed by atoms with E-state index in [2.05, 4.69) is 24.4 Å². The Bertz CT molecular complexity index is 484. The quantitative estimate of drug-likeness (QED) is 0.926. The summed E-state index contributed by atoms with van der Waals surface area (Å²) in [5.41, 5.74) is 2.64. The summed E-state index contributed by atoms with van der Waals surface area (Å²) < 4.78 is 0. The molecule has 0 radical (unpaired) electrons. The second-order valence-electron chi connectivity index (χ2n) is 6.67. The standard InChI is InChI=1S/C18H26N2O.ClH/c1-2-3-15-4-6-16(7-5-15)17(21)20-12-9-18(10-13-20)8-11-19-14-18;/h4-7,19H,2-3,8-14H2,1H3;1H. The maximum atomic E-state index is 12.6. The van der Waals surface area contributed by atoms with E-state index >= 15 is 0 Å². The van der Waals surface area contributed by atoms with Crippen molar-refractivity contribution in [3.8, 4) is 0 Å². The number of nitrogens with zero attached hydrogens (tertiary/aromatic N) is 1. The number of carbonyl (C=O) groups is 1. The van der Waals surface area contributed by atoms with Gasteiger partial charge >= 0.3 is 0 Å². The number of benzene rings is 1. The minimum atomic E-state index is 0. The molecule has 122 valence electrons. The number of nitrogens with one attached hydrogen (secondary N) is 1. The van der Waals surface area contributed by atoms with Gasteiger partial charge in [-0.15, -0.1) is 12.4 Å². The molecule has 3 rings (SSSR count). The molecule has 0 saturated carbocycles. The zero-order valence-electron chi connectivity index (χ0n) is 13.4. The van der Waals surface area contributed by atoms with E-state index in [0.29, 0.717) is 5.41 Å². The Morgan fingerprint density at radius 1 is 1.18 bits per heavy atom. The summed E-state index contributed by atoms with van der Waals surface area (Å²) in [5, 5.41) is 3.47. The number of rotatable bonds is 3. The Kier molecular flexibility index (Phi) is 5.87. The van der Waals surface area contributed by atoms with Crippen LogP contribution in [0.4, 0.5) is 0 Å². The first-order valence-electron chi connectivity index (χ1n) is 8.31. The third kappa shape index (κ3) is 3.64.